The molecule has 3 aromatic rings. The number of anilines is 2. The molecule has 0 radical (unpaired) electrons. The lowest BCUT2D eigenvalue weighted by atomic mass is 9.92. The number of carbonyl (C=O) groups is 2. The van der Waals surface area contributed by atoms with Crippen LogP contribution in [-0.4, -0.2) is 32.6 Å². The van der Waals surface area contributed by atoms with Gasteiger partial charge in [0.05, 0.1) is 14.2 Å². The van der Waals surface area contributed by atoms with Gasteiger partial charge in [-0.1, -0.05) is 45.9 Å². The molecule has 3 aromatic carbocycles. The number of nitrogens with one attached hydrogen (secondary N) is 2. The molecule has 0 bridgehead atoms. The Bertz CT molecular complexity index is 1180. The summed E-state index contributed by atoms with van der Waals surface area (Å²) in [4.78, 5) is 25.5. The third-order valence-corrected chi connectivity index (χ3v) is 5.77. The number of hydrogen-bond donors (Lipinski definition) is 2. The first kappa shape index (κ1) is 26.6. The second-order valence-electron chi connectivity index (χ2n) is 9.01. The van der Waals surface area contributed by atoms with Gasteiger partial charge in [0.2, 0.25) is 0 Å². The number of ether oxygens (including phenoxy) is 3. The number of rotatable bonds is 10. The highest BCUT2D eigenvalue weighted by Crippen LogP contribution is 2.34. The van der Waals surface area contributed by atoms with Crippen LogP contribution in [0.3, 0.4) is 0 Å². The van der Waals surface area contributed by atoms with E-state index in [2.05, 4.69) is 38.3 Å². The van der Waals surface area contributed by atoms with Gasteiger partial charge in [0.1, 0.15) is 5.75 Å². The average Bonchev–Trinajstić information content (AvgIpc) is 2.87. The lowest BCUT2D eigenvalue weighted by Crippen LogP contribution is -2.20. The van der Waals surface area contributed by atoms with Crippen LogP contribution in [0.1, 0.15) is 61.0 Å². The van der Waals surface area contributed by atoms with Crippen molar-refractivity contribution < 1.29 is 23.8 Å². The number of hydrogen-bond acceptors (Lipinski definition) is 5. The minimum atomic E-state index is -0.324. The first-order chi connectivity index (χ1) is 17.2. The van der Waals surface area contributed by atoms with E-state index in [9.17, 15) is 9.59 Å². The Morgan fingerprint density at radius 2 is 1.42 bits per heavy atom. The molecule has 0 aliphatic heterocycles. The monoisotopic (exact) mass is 490 g/mol. The molecule has 0 saturated heterocycles. The Kier molecular flexibility index (Phi) is 8.95. The Labute approximate surface area is 212 Å². The standard InChI is InChI=1S/C29H34N2O5/c1-18(2)23-8-7-9-24(19(3)4)28(23)31-29(33)20-10-15-25(26(16-20)35-6)36-17-27(32)30-21-11-13-22(34-5)14-12-21/h7-16,18-19H,17H2,1-6H3,(H,30,32)(H,31,33). The molecule has 0 atom stereocenters. The van der Waals surface area contributed by atoms with Crippen LogP contribution < -0.4 is 24.8 Å². The Hall–Kier alpha value is -4.00. The first-order valence-electron chi connectivity index (χ1n) is 11.9. The van der Waals surface area contributed by atoms with Crippen LogP contribution in [0.15, 0.2) is 60.7 Å². The topological polar surface area (TPSA) is 85.9 Å². The molecule has 0 saturated carbocycles. The van der Waals surface area contributed by atoms with Crippen LogP contribution >= 0.6 is 0 Å². The van der Waals surface area contributed by atoms with E-state index in [0.717, 1.165) is 16.8 Å². The molecule has 0 aromatic heterocycles. The van der Waals surface area contributed by atoms with E-state index in [1.54, 1.807) is 49.6 Å². The molecule has 0 fully saturated rings. The third-order valence-electron chi connectivity index (χ3n) is 5.77. The molecule has 0 spiro atoms. The summed E-state index contributed by atoms with van der Waals surface area (Å²) in [5.41, 5.74) is 4.08. The molecule has 0 unspecified atom stereocenters. The smallest absolute Gasteiger partial charge is 0.262 e. The molecule has 7 nitrogen and oxygen atoms in total. The zero-order valence-electron chi connectivity index (χ0n) is 21.7. The van der Waals surface area contributed by atoms with Crippen molar-refractivity contribution in [3.05, 3.63) is 77.4 Å². The fourth-order valence-electron chi connectivity index (χ4n) is 3.82. The van der Waals surface area contributed by atoms with Crippen LogP contribution in [-0.2, 0) is 4.79 Å². The van der Waals surface area contributed by atoms with Crippen LogP contribution in [0.4, 0.5) is 11.4 Å². The van der Waals surface area contributed by atoms with E-state index in [0.29, 0.717) is 28.5 Å². The molecule has 36 heavy (non-hydrogen) atoms. The minimum absolute atomic E-state index is 0.215. The van der Waals surface area contributed by atoms with Gasteiger partial charge in [-0.25, -0.2) is 0 Å². The van der Waals surface area contributed by atoms with Gasteiger partial charge < -0.3 is 24.8 Å². The predicted octanol–water partition coefficient (Wildman–Crippen LogP) is 6.22. The Balaban J connectivity index is 1.71. The molecule has 190 valence electrons. The fraction of sp³-hybridized carbons (Fsp3) is 0.310. The van der Waals surface area contributed by atoms with Crippen molar-refractivity contribution in [3.63, 3.8) is 0 Å². The number of amides is 2. The highest BCUT2D eigenvalue weighted by molar-refractivity contribution is 6.05. The van der Waals surface area contributed by atoms with Gasteiger partial charge >= 0.3 is 0 Å². The van der Waals surface area contributed by atoms with Crippen LogP contribution in [0.5, 0.6) is 17.2 Å². The van der Waals surface area contributed by atoms with Gasteiger partial charge in [-0.2, -0.15) is 0 Å². The highest BCUT2D eigenvalue weighted by atomic mass is 16.5. The molecule has 3 rings (SSSR count). The lowest BCUT2D eigenvalue weighted by molar-refractivity contribution is -0.118. The van der Waals surface area contributed by atoms with E-state index in [1.807, 2.05) is 18.2 Å². The van der Waals surface area contributed by atoms with Crippen molar-refractivity contribution in [2.75, 3.05) is 31.5 Å². The second-order valence-corrected chi connectivity index (χ2v) is 9.01. The van der Waals surface area contributed by atoms with Gasteiger partial charge in [-0.05, 0) is 65.4 Å². The van der Waals surface area contributed by atoms with Gasteiger partial charge in [0.25, 0.3) is 11.8 Å². The second kappa shape index (κ2) is 12.1. The van der Waals surface area contributed by atoms with Crippen molar-refractivity contribution in [3.8, 4) is 17.2 Å². The van der Waals surface area contributed by atoms with Gasteiger partial charge in [-0.15, -0.1) is 0 Å². The molecular formula is C29H34N2O5. The maximum Gasteiger partial charge on any atom is 0.262 e. The zero-order valence-corrected chi connectivity index (χ0v) is 21.7. The largest absolute Gasteiger partial charge is 0.497 e. The molecule has 0 aliphatic rings. The molecular weight excluding hydrogens is 456 g/mol. The summed E-state index contributed by atoms with van der Waals surface area (Å²) in [6.07, 6.45) is 0. The van der Waals surface area contributed by atoms with Crippen LogP contribution in [0, 0.1) is 0 Å². The summed E-state index contributed by atoms with van der Waals surface area (Å²) < 4.78 is 16.2. The number of methoxy groups -OCH3 is 2. The maximum absolute atomic E-state index is 13.2. The summed E-state index contributed by atoms with van der Waals surface area (Å²) in [7, 11) is 3.07. The van der Waals surface area contributed by atoms with E-state index < -0.39 is 0 Å². The SMILES string of the molecule is COc1ccc(NC(=O)COc2ccc(C(=O)Nc3c(C(C)C)cccc3C(C)C)cc2OC)cc1. The first-order valence-corrected chi connectivity index (χ1v) is 11.9. The maximum atomic E-state index is 13.2. The van der Waals surface area contributed by atoms with Crippen molar-refractivity contribution in [1.29, 1.82) is 0 Å². The van der Waals surface area contributed by atoms with Gasteiger partial charge in [0.15, 0.2) is 18.1 Å². The molecule has 0 aliphatic carbocycles. The number of carbonyl (C=O) groups excluding carboxylic acids is 2. The molecule has 2 amide bonds. The average molecular weight is 491 g/mol. The fourth-order valence-corrected chi connectivity index (χ4v) is 3.82. The summed E-state index contributed by atoms with van der Waals surface area (Å²) >= 11 is 0. The molecule has 7 heteroatoms. The Morgan fingerprint density at radius 1 is 0.778 bits per heavy atom. The summed E-state index contributed by atoms with van der Waals surface area (Å²) in [5, 5.41) is 5.87. The minimum Gasteiger partial charge on any atom is -0.497 e. The summed E-state index contributed by atoms with van der Waals surface area (Å²) in [6, 6.07) is 18.0. The van der Waals surface area contributed by atoms with Crippen molar-refractivity contribution in [2.45, 2.75) is 39.5 Å². The van der Waals surface area contributed by atoms with Crippen LogP contribution in [0.25, 0.3) is 0 Å². The van der Waals surface area contributed by atoms with E-state index in [1.165, 1.54) is 7.11 Å². The Morgan fingerprint density at radius 3 is 1.97 bits per heavy atom. The molecule has 0 heterocycles. The van der Waals surface area contributed by atoms with Gasteiger partial charge in [-0.3, -0.25) is 9.59 Å². The zero-order chi connectivity index (χ0) is 26.2. The number of benzene rings is 3. The van der Waals surface area contributed by atoms with E-state index >= 15 is 0 Å². The lowest BCUT2D eigenvalue weighted by Gasteiger charge is -2.20. The van der Waals surface area contributed by atoms with Gasteiger partial charge in [0, 0.05) is 16.9 Å². The summed E-state index contributed by atoms with van der Waals surface area (Å²) in [6.45, 7) is 8.21. The summed E-state index contributed by atoms with van der Waals surface area (Å²) in [5.74, 6) is 1.38. The van der Waals surface area contributed by atoms with Crippen molar-refractivity contribution >= 4 is 23.2 Å². The van der Waals surface area contributed by atoms with Crippen molar-refractivity contribution in [1.82, 2.24) is 0 Å². The predicted molar refractivity (Wildman–Crippen MR) is 143 cm³/mol. The van der Waals surface area contributed by atoms with E-state index in [-0.39, 0.29) is 30.3 Å². The highest BCUT2D eigenvalue weighted by Gasteiger charge is 2.18. The molecule has 2 N–H and O–H groups in total. The number of para-hydroxylation sites is 1. The van der Waals surface area contributed by atoms with Crippen LogP contribution in [0.2, 0.25) is 0 Å². The quantitative estimate of drug-likeness (QED) is 0.352. The third kappa shape index (κ3) is 6.56. The van der Waals surface area contributed by atoms with Crippen molar-refractivity contribution in [2.24, 2.45) is 0 Å². The van der Waals surface area contributed by atoms with E-state index in [4.69, 9.17) is 14.2 Å². The normalized spacial score (nSPS) is 10.8.